The van der Waals surface area contributed by atoms with E-state index in [2.05, 4.69) is 11.9 Å². The molecule has 0 fully saturated rings. The minimum absolute atomic E-state index is 0.101. The fourth-order valence-corrected chi connectivity index (χ4v) is 2.29. The average Bonchev–Trinajstić information content (AvgIpc) is 2.37. The molecule has 1 rings (SSSR count). The second-order valence-corrected chi connectivity index (χ2v) is 5.24. The fourth-order valence-electron chi connectivity index (χ4n) is 2.29. The van der Waals surface area contributed by atoms with Gasteiger partial charge in [-0.25, -0.2) is 4.79 Å². The maximum atomic E-state index is 11.4. The third-order valence-corrected chi connectivity index (χ3v) is 3.04. The van der Waals surface area contributed by atoms with Crippen molar-refractivity contribution in [2.24, 2.45) is 0 Å². The summed E-state index contributed by atoms with van der Waals surface area (Å²) in [4.78, 5) is 22.6. The molecule has 0 unspecified atom stereocenters. The average molecular weight is 297 g/mol. The molecule has 0 heterocycles. The zero-order valence-electron chi connectivity index (χ0n) is 12.7. The first-order valence-electron chi connectivity index (χ1n) is 6.94. The van der Waals surface area contributed by atoms with Gasteiger partial charge in [-0.1, -0.05) is 6.08 Å². The molecule has 0 saturated carbocycles. The van der Waals surface area contributed by atoms with Gasteiger partial charge in [0.15, 0.2) is 0 Å². The smallest absolute Gasteiger partial charge is 0.331 e. The number of carboxylic acid groups (broad SMARTS) is 1. The van der Waals surface area contributed by atoms with Crippen LogP contribution in [0.4, 0.5) is 0 Å². The molecule has 0 aromatic heterocycles. The Morgan fingerprint density at radius 1 is 1.57 bits per heavy atom. The van der Waals surface area contributed by atoms with E-state index in [1.807, 2.05) is 13.8 Å². The number of carbonyl (C=O) groups is 2. The highest BCUT2D eigenvalue weighted by Crippen LogP contribution is 2.25. The van der Waals surface area contributed by atoms with Gasteiger partial charge in [0.05, 0.1) is 31.0 Å². The molecule has 0 aromatic carbocycles. The quantitative estimate of drug-likeness (QED) is 0.691. The number of ether oxygens (including phenoxy) is 2. The van der Waals surface area contributed by atoms with Crippen LogP contribution in [0.5, 0.6) is 0 Å². The van der Waals surface area contributed by atoms with E-state index in [9.17, 15) is 14.7 Å². The maximum Gasteiger partial charge on any atom is 0.331 e. The van der Waals surface area contributed by atoms with Crippen molar-refractivity contribution in [1.29, 1.82) is 0 Å². The predicted octanol–water partition coefficient (Wildman–Crippen LogP) is 1.27. The van der Waals surface area contributed by atoms with Gasteiger partial charge in [0.2, 0.25) is 5.91 Å². The molecule has 118 valence electrons. The molecule has 0 radical (unpaired) electrons. The Balaban J connectivity index is 3.03. The van der Waals surface area contributed by atoms with E-state index in [4.69, 9.17) is 9.47 Å². The Bertz CT molecular complexity index is 430. The van der Waals surface area contributed by atoms with Gasteiger partial charge in [-0.3, -0.25) is 4.79 Å². The van der Waals surface area contributed by atoms with E-state index in [1.165, 1.54) is 6.92 Å². The Kier molecular flexibility index (Phi) is 6.58. The molecule has 6 heteroatoms. The highest BCUT2D eigenvalue weighted by Gasteiger charge is 2.37. The van der Waals surface area contributed by atoms with E-state index in [0.29, 0.717) is 0 Å². The van der Waals surface area contributed by atoms with E-state index in [1.54, 1.807) is 12.2 Å². The third-order valence-electron chi connectivity index (χ3n) is 3.04. The van der Waals surface area contributed by atoms with Crippen LogP contribution in [0.3, 0.4) is 0 Å². The Morgan fingerprint density at radius 2 is 2.24 bits per heavy atom. The summed E-state index contributed by atoms with van der Waals surface area (Å²) in [6.07, 6.45) is 2.25. The molecule has 1 aliphatic rings. The van der Waals surface area contributed by atoms with Crippen LogP contribution in [-0.4, -0.2) is 47.9 Å². The first-order valence-corrected chi connectivity index (χ1v) is 6.94. The summed E-state index contributed by atoms with van der Waals surface area (Å²) in [7, 11) is 0. The fraction of sp³-hybridized carbons (Fsp3) is 0.600. The molecule has 3 atom stereocenters. The van der Waals surface area contributed by atoms with Crippen molar-refractivity contribution in [1.82, 2.24) is 5.32 Å². The van der Waals surface area contributed by atoms with Crippen LogP contribution in [0.1, 0.15) is 27.2 Å². The molecule has 2 N–H and O–H groups in total. The monoisotopic (exact) mass is 297 g/mol. The lowest BCUT2D eigenvalue weighted by Crippen LogP contribution is -2.54. The first-order chi connectivity index (χ1) is 9.85. The number of hydrogen-bond acceptors (Lipinski definition) is 4. The van der Waals surface area contributed by atoms with Crippen LogP contribution in [0.25, 0.3) is 0 Å². The van der Waals surface area contributed by atoms with Crippen LogP contribution >= 0.6 is 0 Å². The van der Waals surface area contributed by atoms with Crippen LogP contribution in [0.15, 0.2) is 24.3 Å². The number of amides is 1. The van der Waals surface area contributed by atoms with Crippen LogP contribution < -0.4 is 5.32 Å². The molecule has 0 aliphatic heterocycles. The Morgan fingerprint density at radius 3 is 2.71 bits per heavy atom. The summed E-state index contributed by atoms with van der Waals surface area (Å²) in [6.45, 7) is 8.98. The van der Waals surface area contributed by atoms with Gasteiger partial charge < -0.3 is 19.9 Å². The normalized spacial score (nSPS) is 25.3. The van der Waals surface area contributed by atoms with Crippen LogP contribution in [0, 0.1) is 0 Å². The molecule has 1 aliphatic carbocycles. The summed E-state index contributed by atoms with van der Waals surface area (Å²) in [5.74, 6) is -1.21. The minimum atomic E-state index is -0.999. The molecular weight excluding hydrogens is 274 g/mol. The zero-order valence-corrected chi connectivity index (χ0v) is 12.7. The number of carbonyl (C=O) groups excluding carboxylic acids is 1. The van der Waals surface area contributed by atoms with Gasteiger partial charge >= 0.3 is 5.97 Å². The summed E-state index contributed by atoms with van der Waals surface area (Å²) in [5, 5.41) is 12.0. The van der Waals surface area contributed by atoms with Crippen molar-refractivity contribution >= 4 is 11.9 Å². The Hall–Kier alpha value is -1.66. The van der Waals surface area contributed by atoms with Gasteiger partial charge in [-0.15, -0.1) is 6.58 Å². The summed E-state index contributed by atoms with van der Waals surface area (Å²) in [5.41, 5.74) is 0.233. The van der Waals surface area contributed by atoms with Crippen molar-refractivity contribution in [2.45, 2.75) is 51.5 Å². The zero-order chi connectivity index (χ0) is 16.0. The van der Waals surface area contributed by atoms with E-state index in [-0.39, 0.29) is 30.6 Å². The lowest BCUT2D eigenvalue weighted by molar-refractivity contribution is -0.134. The highest BCUT2D eigenvalue weighted by molar-refractivity contribution is 5.87. The largest absolute Gasteiger partial charge is 0.478 e. The van der Waals surface area contributed by atoms with Crippen LogP contribution in [0.2, 0.25) is 0 Å². The molecule has 0 bridgehead atoms. The van der Waals surface area contributed by atoms with Crippen LogP contribution in [-0.2, 0) is 19.1 Å². The topological polar surface area (TPSA) is 84.9 Å². The van der Waals surface area contributed by atoms with Crippen molar-refractivity contribution in [3.05, 3.63) is 24.3 Å². The number of carboxylic acids is 1. The molecule has 21 heavy (non-hydrogen) atoms. The summed E-state index contributed by atoms with van der Waals surface area (Å²) < 4.78 is 11.4. The number of nitrogens with one attached hydrogen (secondary N) is 1. The van der Waals surface area contributed by atoms with Crippen molar-refractivity contribution < 1.29 is 24.2 Å². The van der Waals surface area contributed by atoms with Gasteiger partial charge in [-0.2, -0.15) is 0 Å². The summed E-state index contributed by atoms with van der Waals surface area (Å²) in [6, 6.07) is -0.423. The highest BCUT2D eigenvalue weighted by atomic mass is 16.5. The van der Waals surface area contributed by atoms with E-state index < -0.39 is 24.2 Å². The minimum Gasteiger partial charge on any atom is -0.478 e. The van der Waals surface area contributed by atoms with Crippen molar-refractivity contribution in [3.63, 3.8) is 0 Å². The third kappa shape index (κ3) is 5.32. The second-order valence-electron chi connectivity index (χ2n) is 5.24. The first kappa shape index (κ1) is 17.4. The maximum absolute atomic E-state index is 11.4. The SMILES string of the molecule is C=CCO[C@@H]1CC(C(=O)O)=C[C@@H](OC(C)C)[C@@H]1NC(C)=O. The number of aliphatic carboxylic acids is 1. The lowest BCUT2D eigenvalue weighted by Gasteiger charge is -2.37. The lowest BCUT2D eigenvalue weighted by atomic mass is 9.89. The second kappa shape index (κ2) is 7.95. The standard InChI is InChI=1S/C15H23NO5/c1-5-6-20-12-7-11(15(18)19)8-13(21-9(2)3)14(12)16-10(4)17/h5,8-9,12-14H,1,6-7H2,2-4H3,(H,16,17)(H,18,19)/t12-,13-,14-/m1/s1. The number of hydrogen-bond donors (Lipinski definition) is 2. The van der Waals surface area contributed by atoms with Gasteiger partial charge in [0, 0.05) is 18.9 Å². The summed E-state index contributed by atoms with van der Waals surface area (Å²) >= 11 is 0. The molecule has 0 aromatic rings. The number of rotatable bonds is 7. The Labute approximate surface area is 124 Å². The van der Waals surface area contributed by atoms with Crippen molar-refractivity contribution in [3.8, 4) is 0 Å². The van der Waals surface area contributed by atoms with E-state index >= 15 is 0 Å². The molecule has 1 amide bonds. The molecule has 0 saturated heterocycles. The van der Waals surface area contributed by atoms with Gasteiger partial charge in [-0.05, 0) is 19.9 Å². The molecule has 0 spiro atoms. The van der Waals surface area contributed by atoms with Gasteiger partial charge in [0.25, 0.3) is 0 Å². The van der Waals surface area contributed by atoms with E-state index in [0.717, 1.165) is 0 Å². The van der Waals surface area contributed by atoms with Gasteiger partial charge in [0.1, 0.15) is 0 Å². The van der Waals surface area contributed by atoms with Crippen molar-refractivity contribution in [2.75, 3.05) is 6.61 Å². The molecular formula is C15H23NO5. The molecule has 6 nitrogen and oxygen atoms in total. The predicted molar refractivity (Wildman–Crippen MR) is 77.9 cm³/mol.